The fourth-order valence-electron chi connectivity index (χ4n) is 1.60. The third-order valence-electron chi connectivity index (χ3n) is 2.58. The predicted octanol–water partition coefficient (Wildman–Crippen LogP) is 3.25. The lowest BCUT2D eigenvalue weighted by atomic mass is 10.2. The number of halogens is 2. The summed E-state index contributed by atoms with van der Waals surface area (Å²) in [4.78, 5) is -0.207. The number of nitrogens with zero attached hydrogens (tertiary/aromatic N) is 1. The fourth-order valence-corrected chi connectivity index (χ4v) is 3.42. The average Bonchev–Trinajstić information content (AvgIpc) is 2.43. The summed E-state index contributed by atoms with van der Waals surface area (Å²) in [6, 6.07) is 10.2. The summed E-state index contributed by atoms with van der Waals surface area (Å²) in [5, 5.41) is 9.04. The third kappa shape index (κ3) is 3.39. The van der Waals surface area contributed by atoms with Gasteiger partial charge in [-0.1, -0.05) is 23.2 Å². The van der Waals surface area contributed by atoms with E-state index in [1.54, 1.807) is 6.07 Å². The molecule has 108 valence electrons. The molecule has 0 atom stereocenters. The fraction of sp³-hybridized carbons (Fsp3) is 0. The highest BCUT2D eigenvalue weighted by Crippen LogP contribution is 2.29. The molecule has 0 saturated heterocycles. The number of benzene rings is 2. The molecule has 2 rings (SSSR count). The van der Waals surface area contributed by atoms with Gasteiger partial charge < -0.3 is 5.73 Å². The van der Waals surface area contributed by atoms with Crippen molar-refractivity contribution in [3.8, 4) is 6.07 Å². The third-order valence-corrected chi connectivity index (χ3v) is 4.76. The molecular weight excluding hydrogens is 333 g/mol. The van der Waals surface area contributed by atoms with Crippen LogP contribution >= 0.6 is 23.2 Å². The Hall–Kier alpha value is -1.94. The second kappa shape index (κ2) is 5.82. The van der Waals surface area contributed by atoms with Crippen molar-refractivity contribution in [1.29, 1.82) is 5.26 Å². The number of hydrogen-bond acceptors (Lipinski definition) is 4. The van der Waals surface area contributed by atoms with Gasteiger partial charge in [0.2, 0.25) is 0 Å². The first-order chi connectivity index (χ1) is 9.83. The summed E-state index contributed by atoms with van der Waals surface area (Å²) in [5.41, 5.74) is 6.27. The smallest absolute Gasteiger partial charge is 0.263 e. The van der Waals surface area contributed by atoms with Crippen molar-refractivity contribution in [2.24, 2.45) is 0 Å². The molecule has 5 nitrogen and oxygen atoms in total. The van der Waals surface area contributed by atoms with Crippen molar-refractivity contribution < 1.29 is 8.42 Å². The van der Waals surface area contributed by atoms with E-state index in [2.05, 4.69) is 4.72 Å². The number of hydrogen-bond donors (Lipinski definition) is 2. The van der Waals surface area contributed by atoms with Crippen LogP contribution in [0.1, 0.15) is 5.56 Å². The van der Waals surface area contributed by atoms with E-state index >= 15 is 0 Å². The molecule has 0 saturated carbocycles. The van der Waals surface area contributed by atoms with E-state index in [1.807, 2.05) is 6.07 Å². The first kappa shape index (κ1) is 15.4. The zero-order chi connectivity index (χ0) is 15.6. The number of rotatable bonds is 3. The molecule has 0 fully saturated rings. The number of sulfonamides is 1. The highest BCUT2D eigenvalue weighted by Gasteiger charge is 2.20. The molecule has 0 heterocycles. The Bertz CT molecular complexity index is 845. The van der Waals surface area contributed by atoms with Gasteiger partial charge in [-0.05, 0) is 36.4 Å². The van der Waals surface area contributed by atoms with Crippen LogP contribution in [0.15, 0.2) is 41.3 Å². The Labute approximate surface area is 132 Å². The van der Waals surface area contributed by atoms with Crippen LogP contribution in [0.2, 0.25) is 10.0 Å². The Balaban J connectivity index is 2.48. The van der Waals surface area contributed by atoms with Gasteiger partial charge in [0.05, 0.1) is 27.4 Å². The van der Waals surface area contributed by atoms with Gasteiger partial charge in [-0.15, -0.1) is 0 Å². The summed E-state index contributed by atoms with van der Waals surface area (Å²) < 4.78 is 27.0. The van der Waals surface area contributed by atoms with Crippen LogP contribution in [0.3, 0.4) is 0 Å². The zero-order valence-corrected chi connectivity index (χ0v) is 12.8. The molecule has 0 radical (unpaired) electrons. The van der Waals surface area contributed by atoms with Gasteiger partial charge in [0.15, 0.2) is 0 Å². The molecule has 0 amide bonds. The van der Waals surface area contributed by atoms with Crippen LogP contribution in [-0.4, -0.2) is 8.42 Å². The second-order valence-electron chi connectivity index (χ2n) is 4.10. The quantitative estimate of drug-likeness (QED) is 0.837. The normalized spacial score (nSPS) is 10.9. The minimum atomic E-state index is -3.99. The topological polar surface area (TPSA) is 96.0 Å². The Morgan fingerprint density at radius 1 is 1.10 bits per heavy atom. The second-order valence-corrected chi connectivity index (χ2v) is 6.57. The number of nitrogens with two attached hydrogens (primary N) is 1. The summed E-state index contributed by atoms with van der Waals surface area (Å²) in [7, 11) is -3.99. The maximum absolute atomic E-state index is 12.3. The number of nitrogens with one attached hydrogen (secondary N) is 1. The van der Waals surface area contributed by atoms with Crippen LogP contribution < -0.4 is 10.5 Å². The minimum absolute atomic E-state index is 0.00141. The molecule has 0 unspecified atom stereocenters. The summed E-state index contributed by atoms with van der Waals surface area (Å²) in [5.74, 6) is 0. The van der Waals surface area contributed by atoms with E-state index < -0.39 is 10.0 Å². The average molecular weight is 342 g/mol. The Morgan fingerprint density at radius 2 is 1.76 bits per heavy atom. The lowest BCUT2D eigenvalue weighted by Crippen LogP contribution is -2.14. The van der Waals surface area contributed by atoms with E-state index in [4.69, 9.17) is 34.2 Å². The highest BCUT2D eigenvalue weighted by atomic mass is 35.5. The molecule has 2 aromatic carbocycles. The minimum Gasteiger partial charge on any atom is -0.399 e. The molecule has 2 aromatic rings. The summed E-state index contributed by atoms with van der Waals surface area (Å²) in [6.45, 7) is 0. The molecule has 21 heavy (non-hydrogen) atoms. The predicted molar refractivity (Wildman–Crippen MR) is 82.8 cm³/mol. The molecule has 0 aliphatic carbocycles. The lowest BCUT2D eigenvalue weighted by molar-refractivity contribution is 0.601. The van der Waals surface area contributed by atoms with E-state index in [0.29, 0.717) is 5.69 Å². The van der Waals surface area contributed by atoms with Crippen LogP contribution in [0, 0.1) is 11.3 Å². The van der Waals surface area contributed by atoms with Gasteiger partial charge in [0.25, 0.3) is 10.0 Å². The van der Waals surface area contributed by atoms with Crippen molar-refractivity contribution in [1.82, 2.24) is 0 Å². The monoisotopic (exact) mass is 341 g/mol. The SMILES string of the molecule is N#Cc1ccc(Cl)c(S(=O)(=O)Nc2cc(N)ccc2Cl)c1. The van der Waals surface area contributed by atoms with Crippen LogP contribution in [0.5, 0.6) is 0 Å². The standard InChI is InChI=1S/C13H9Cl2N3O2S/c14-10-4-2-9(17)6-12(10)18-21(19,20)13-5-8(7-16)1-3-11(13)15/h1-6,18H,17H2. The van der Waals surface area contributed by atoms with Crippen molar-refractivity contribution in [2.45, 2.75) is 4.90 Å². The molecule has 3 N–H and O–H groups in total. The maximum Gasteiger partial charge on any atom is 0.263 e. The van der Waals surface area contributed by atoms with Crippen molar-refractivity contribution in [2.75, 3.05) is 10.5 Å². The van der Waals surface area contributed by atoms with Gasteiger partial charge in [-0.2, -0.15) is 5.26 Å². The molecular formula is C13H9Cl2N3O2S. The number of anilines is 2. The van der Waals surface area contributed by atoms with Crippen LogP contribution in [-0.2, 0) is 10.0 Å². The molecule has 0 spiro atoms. The largest absolute Gasteiger partial charge is 0.399 e. The molecule has 8 heteroatoms. The van der Waals surface area contributed by atoms with Gasteiger partial charge in [0, 0.05) is 5.69 Å². The summed E-state index contributed by atoms with van der Waals surface area (Å²) in [6.07, 6.45) is 0. The van der Waals surface area contributed by atoms with Gasteiger partial charge >= 0.3 is 0 Å². The Kier molecular flexibility index (Phi) is 4.28. The van der Waals surface area contributed by atoms with Crippen LogP contribution in [0.25, 0.3) is 0 Å². The van der Waals surface area contributed by atoms with Gasteiger partial charge in [0.1, 0.15) is 4.90 Å². The van der Waals surface area contributed by atoms with E-state index in [1.165, 1.54) is 30.3 Å². The maximum atomic E-state index is 12.3. The molecule has 0 aliphatic rings. The summed E-state index contributed by atoms with van der Waals surface area (Å²) >= 11 is 11.8. The van der Waals surface area contributed by atoms with E-state index in [0.717, 1.165) is 0 Å². The van der Waals surface area contributed by atoms with Gasteiger partial charge in [-0.3, -0.25) is 4.72 Å². The lowest BCUT2D eigenvalue weighted by Gasteiger charge is -2.11. The van der Waals surface area contributed by atoms with E-state index in [-0.39, 0.29) is 26.2 Å². The van der Waals surface area contributed by atoms with Crippen molar-refractivity contribution >= 4 is 44.6 Å². The zero-order valence-electron chi connectivity index (χ0n) is 10.5. The first-order valence-electron chi connectivity index (χ1n) is 5.61. The van der Waals surface area contributed by atoms with Crippen LogP contribution in [0.4, 0.5) is 11.4 Å². The molecule has 0 aliphatic heterocycles. The number of nitriles is 1. The van der Waals surface area contributed by atoms with Crippen molar-refractivity contribution in [3.05, 3.63) is 52.0 Å². The Morgan fingerprint density at radius 3 is 2.43 bits per heavy atom. The first-order valence-corrected chi connectivity index (χ1v) is 7.85. The molecule has 0 aromatic heterocycles. The molecule has 0 bridgehead atoms. The number of nitrogen functional groups attached to an aromatic ring is 1. The highest BCUT2D eigenvalue weighted by molar-refractivity contribution is 7.92. The van der Waals surface area contributed by atoms with E-state index in [9.17, 15) is 8.42 Å². The van der Waals surface area contributed by atoms with Gasteiger partial charge in [-0.25, -0.2) is 8.42 Å². The van der Waals surface area contributed by atoms with Crippen molar-refractivity contribution in [3.63, 3.8) is 0 Å².